The van der Waals surface area contributed by atoms with Crippen LogP contribution in [0.5, 0.6) is 0 Å². The first kappa shape index (κ1) is 16.9. The molecule has 1 unspecified atom stereocenters. The van der Waals surface area contributed by atoms with E-state index in [4.69, 9.17) is 0 Å². The van der Waals surface area contributed by atoms with Crippen molar-refractivity contribution in [2.75, 3.05) is 20.0 Å². The Balaban J connectivity index is 0. The van der Waals surface area contributed by atoms with Crippen LogP contribution in [0.4, 0.5) is 35.1 Å². The second kappa shape index (κ2) is 6.84. The summed E-state index contributed by atoms with van der Waals surface area (Å²) in [5.74, 6) is -5.57. The highest BCUT2D eigenvalue weighted by Gasteiger charge is 2.35. The molecule has 0 aliphatic heterocycles. The minimum absolute atomic E-state index is 0.806. The lowest BCUT2D eigenvalue weighted by molar-refractivity contribution is -0.172. The highest BCUT2D eigenvalue weighted by atomic mass is 19.4. The molecule has 15 heavy (non-hydrogen) atoms. The fourth-order valence-corrected chi connectivity index (χ4v) is 0.123. The Kier molecular flexibility index (Phi) is 7.68. The van der Waals surface area contributed by atoms with E-state index < -0.39 is 38.0 Å². The van der Waals surface area contributed by atoms with Gasteiger partial charge < -0.3 is 0 Å². The molecule has 94 valence electrons. The Morgan fingerprint density at radius 1 is 0.867 bits per heavy atom. The van der Waals surface area contributed by atoms with Crippen molar-refractivity contribution >= 4 is 0 Å². The molecule has 0 aliphatic carbocycles. The Morgan fingerprint density at radius 3 is 1.20 bits per heavy atom. The summed E-state index contributed by atoms with van der Waals surface area (Å²) in [6, 6.07) is 0. The topological polar surface area (TPSA) is 0 Å². The molecular formula is C7H10F8. The molecule has 0 spiro atoms. The van der Waals surface area contributed by atoms with Gasteiger partial charge in [0.05, 0.1) is 5.92 Å². The molecular weight excluding hydrogens is 236 g/mol. The molecule has 1 atom stereocenters. The van der Waals surface area contributed by atoms with Crippen LogP contribution in [-0.2, 0) is 0 Å². The maximum absolute atomic E-state index is 11.2. The number of alkyl halides is 8. The maximum atomic E-state index is 11.2. The van der Waals surface area contributed by atoms with Crippen LogP contribution in [0, 0.1) is 5.92 Å². The summed E-state index contributed by atoms with van der Waals surface area (Å²) in [6.45, 7) is -4.35. The van der Waals surface area contributed by atoms with E-state index in [1.54, 1.807) is 0 Å². The molecule has 0 aliphatic rings. The standard InChI is InChI=1S/C4H6F4.C3H4F4/c1-3(2-5)4(6,7)8;4-1-3(6,7)2-5/h3H,2H2,1H3;1-2H2. The van der Waals surface area contributed by atoms with Gasteiger partial charge in [0, 0.05) is 0 Å². The quantitative estimate of drug-likeness (QED) is 0.666. The van der Waals surface area contributed by atoms with E-state index in [9.17, 15) is 35.1 Å². The van der Waals surface area contributed by atoms with Crippen molar-refractivity contribution in [1.29, 1.82) is 0 Å². The maximum Gasteiger partial charge on any atom is 0.394 e. The molecule has 0 aromatic heterocycles. The van der Waals surface area contributed by atoms with Crippen LogP contribution in [-0.4, -0.2) is 32.1 Å². The van der Waals surface area contributed by atoms with Gasteiger partial charge in [0.25, 0.3) is 0 Å². The van der Waals surface area contributed by atoms with Gasteiger partial charge in [0.15, 0.2) is 13.3 Å². The molecule has 0 amide bonds. The minimum Gasteiger partial charge on any atom is -0.250 e. The molecule has 0 heterocycles. The molecule has 0 N–H and O–H groups in total. The van der Waals surface area contributed by atoms with Gasteiger partial charge in [-0.3, -0.25) is 4.39 Å². The number of rotatable bonds is 3. The van der Waals surface area contributed by atoms with Gasteiger partial charge in [-0.25, -0.2) is 17.6 Å². The minimum atomic E-state index is -4.37. The Bertz CT molecular complexity index is 146. The third-order valence-corrected chi connectivity index (χ3v) is 1.18. The summed E-state index contributed by atoms with van der Waals surface area (Å²) in [4.78, 5) is 0. The molecule has 0 aromatic rings. The fraction of sp³-hybridized carbons (Fsp3) is 1.00. The predicted molar refractivity (Wildman–Crippen MR) is 38.1 cm³/mol. The van der Waals surface area contributed by atoms with Crippen molar-refractivity contribution < 1.29 is 35.1 Å². The monoisotopic (exact) mass is 246 g/mol. The average Bonchev–Trinajstić information content (AvgIpc) is 2.16. The molecule has 0 saturated carbocycles. The number of hydrogen-bond donors (Lipinski definition) is 0. The van der Waals surface area contributed by atoms with Crippen LogP contribution in [0.15, 0.2) is 0 Å². The van der Waals surface area contributed by atoms with Crippen molar-refractivity contribution in [3.63, 3.8) is 0 Å². The van der Waals surface area contributed by atoms with Crippen LogP contribution < -0.4 is 0 Å². The zero-order chi connectivity index (χ0) is 12.7. The lowest BCUT2D eigenvalue weighted by Crippen LogP contribution is -2.21. The fourth-order valence-electron chi connectivity index (χ4n) is 0.123. The smallest absolute Gasteiger partial charge is 0.250 e. The van der Waals surface area contributed by atoms with E-state index in [1.165, 1.54) is 0 Å². The van der Waals surface area contributed by atoms with Gasteiger partial charge in [0.2, 0.25) is 0 Å². The molecule has 8 heteroatoms. The van der Waals surface area contributed by atoms with E-state index in [0.29, 0.717) is 0 Å². The van der Waals surface area contributed by atoms with E-state index >= 15 is 0 Å². The second-order valence-corrected chi connectivity index (χ2v) is 2.72. The number of halogens is 8. The van der Waals surface area contributed by atoms with Gasteiger partial charge in [0.1, 0.15) is 6.67 Å². The summed E-state index contributed by atoms with van der Waals surface area (Å²) in [7, 11) is 0. The highest BCUT2D eigenvalue weighted by molar-refractivity contribution is 4.60. The van der Waals surface area contributed by atoms with Gasteiger partial charge in [-0.05, 0) is 0 Å². The zero-order valence-corrected chi connectivity index (χ0v) is 7.72. The van der Waals surface area contributed by atoms with Crippen LogP contribution in [0.1, 0.15) is 6.92 Å². The van der Waals surface area contributed by atoms with E-state index in [2.05, 4.69) is 0 Å². The van der Waals surface area contributed by atoms with E-state index in [0.717, 1.165) is 6.92 Å². The normalized spacial score (nSPS) is 14.2. The summed E-state index contributed by atoms with van der Waals surface area (Å²) in [5, 5.41) is 0. The van der Waals surface area contributed by atoms with Crippen molar-refractivity contribution in [2.24, 2.45) is 5.92 Å². The van der Waals surface area contributed by atoms with Crippen molar-refractivity contribution in [3.8, 4) is 0 Å². The largest absolute Gasteiger partial charge is 0.394 e. The summed E-state index contributed by atoms with van der Waals surface area (Å²) in [6.07, 6.45) is -4.37. The molecule has 0 aromatic carbocycles. The highest BCUT2D eigenvalue weighted by Crippen LogP contribution is 2.25. The third kappa shape index (κ3) is 9.74. The Hall–Kier alpha value is -0.560. The van der Waals surface area contributed by atoms with Gasteiger partial charge in [-0.2, -0.15) is 13.2 Å². The first-order chi connectivity index (χ1) is 6.60. The zero-order valence-electron chi connectivity index (χ0n) is 7.72. The van der Waals surface area contributed by atoms with Crippen LogP contribution in [0.3, 0.4) is 0 Å². The van der Waals surface area contributed by atoms with E-state index in [1.807, 2.05) is 0 Å². The molecule has 0 nitrogen and oxygen atoms in total. The second-order valence-electron chi connectivity index (χ2n) is 2.72. The predicted octanol–water partition coefficient (Wildman–Crippen LogP) is 3.72. The van der Waals surface area contributed by atoms with Crippen molar-refractivity contribution in [2.45, 2.75) is 19.0 Å². The van der Waals surface area contributed by atoms with Crippen LogP contribution in [0.2, 0.25) is 0 Å². The third-order valence-electron chi connectivity index (χ3n) is 1.18. The Labute approximate surface area is 81.3 Å². The SMILES string of the molecule is CC(CF)C(F)(F)F.FCC(F)(F)CF. The summed E-state index contributed by atoms with van der Waals surface area (Å²) in [5.41, 5.74) is 0. The van der Waals surface area contributed by atoms with Crippen LogP contribution in [0.25, 0.3) is 0 Å². The van der Waals surface area contributed by atoms with E-state index in [-0.39, 0.29) is 0 Å². The molecule has 0 saturated heterocycles. The molecule has 0 fully saturated rings. The van der Waals surface area contributed by atoms with Crippen molar-refractivity contribution in [1.82, 2.24) is 0 Å². The molecule has 0 bridgehead atoms. The van der Waals surface area contributed by atoms with Gasteiger partial charge >= 0.3 is 12.1 Å². The first-order valence-corrected chi connectivity index (χ1v) is 3.73. The first-order valence-electron chi connectivity index (χ1n) is 3.73. The van der Waals surface area contributed by atoms with Gasteiger partial charge in [-0.15, -0.1) is 0 Å². The van der Waals surface area contributed by atoms with Crippen LogP contribution >= 0.6 is 0 Å². The number of hydrogen-bond acceptors (Lipinski definition) is 0. The van der Waals surface area contributed by atoms with Crippen molar-refractivity contribution in [3.05, 3.63) is 0 Å². The lowest BCUT2D eigenvalue weighted by Gasteiger charge is -2.09. The molecule has 0 rings (SSSR count). The lowest BCUT2D eigenvalue weighted by atomic mass is 10.2. The average molecular weight is 246 g/mol. The summed E-state index contributed by atoms with van der Waals surface area (Å²) >= 11 is 0. The summed E-state index contributed by atoms with van der Waals surface area (Å²) < 4.78 is 88.6. The molecule has 0 radical (unpaired) electrons. The Morgan fingerprint density at radius 2 is 1.20 bits per heavy atom. The van der Waals surface area contributed by atoms with Gasteiger partial charge in [-0.1, -0.05) is 6.92 Å².